The van der Waals surface area contributed by atoms with Gasteiger partial charge < -0.3 is 15.4 Å². The van der Waals surface area contributed by atoms with Crippen LogP contribution in [0.25, 0.3) is 0 Å². The molecule has 0 unspecified atom stereocenters. The third-order valence-electron chi connectivity index (χ3n) is 3.90. The molecule has 4 heteroatoms. The van der Waals surface area contributed by atoms with Gasteiger partial charge in [0.15, 0.2) is 0 Å². The lowest BCUT2D eigenvalue weighted by molar-refractivity contribution is 0.176. The van der Waals surface area contributed by atoms with Crippen molar-refractivity contribution < 1.29 is 9.53 Å². The minimum Gasteiger partial charge on any atom is -0.497 e. The van der Waals surface area contributed by atoms with E-state index in [1.54, 1.807) is 12.0 Å². The molecule has 0 aliphatic carbocycles. The second kappa shape index (κ2) is 6.45. The fourth-order valence-corrected chi connectivity index (χ4v) is 2.64. The Hall–Kier alpha value is -1.71. The number of aryl methyl sites for hydroxylation is 1. The van der Waals surface area contributed by atoms with Gasteiger partial charge in [0.2, 0.25) is 0 Å². The molecule has 2 amide bonds. The molecule has 0 bridgehead atoms. The van der Waals surface area contributed by atoms with Gasteiger partial charge in [-0.15, -0.1) is 0 Å². The van der Waals surface area contributed by atoms with E-state index < -0.39 is 0 Å². The van der Waals surface area contributed by atoms with E-state index in [2.05, 4.69) is 12.1 Å². The molecular weight excluding hydrogens is 240 g/mol. The highest BCUT2D eigenvalue weighted by Gasteiger charge is 2.20. The first-order valence-electron chi connectivity index (χ1n) is 6.86. The Morgan fingerprint density at radius 1 is 1.42 bits per heavy atom. The van der Waals surface area contributed by atoms with Crippen molar-refractivity contribution in [3.05, 3.63) is 29.8 Å². The molecule has 2 N–H and O–H groups in total. The van der Waals surface area contributed by atoms with Crippen LogP contribution in [0, 0.1) is 5.92 Å². The number of rotatable bonds is 4. The van der Waals surface area contributed by atoms with Crippen LogP contribution in [-0.2, 0) is 6.42 Å². The molecule has 4 nitrogen and oxygen atoms in total. The van der Waals surface area contributed by atoms with Gasteiger partial charge in [0.1, 0.15) is 5.75 Å². The lowest BCUT2D eigenvalue weighted by atomic mass is 9.90. The van der Waals surface area contributed by atoms with Gasteiger partial charge in [-0.2, -0.15) is 0 Å². The van der Waals surface area contributed by atoms with Crippen molar-refractivity contribution in [2.45, 2.75) is 25.7 Å². The van der Waals surface area contributed by atoms with Crippen LogP contribution in [0.15, 0.2) is 24.3 Å². The van der Waals surface area contributed by atoms with Gasteiger partial charge >= 0.3 is 6.03 Å². The topological polar surface area (TPSA) is 55.6 Å². The van der Waals surface area contributed by atoms with E-state index in [0.29, 0.717) is 5.92 Å². The molecule has 0 aromatic heterocycles. The van der Waals surface area contributed by atoms with Crippen LogP contribution in [0.5, 0.6) is 5.75 Å². The third kappa shape index (κ3) is 3.88. The summed E-state index contributed by atoms with van der Waals surface area (Å²) in [5.41, 5.74) is 6.60. The van der Waals surface area contributed by atoms with Gasteiger partial charge in [-0.05, 0) is 49.3 Å². The SMILES string of the molecule is COc1cccc(CCC2CCN(C(N)=O)CC2)c1. The lowest BCUT2D eigenvalue weighted by Crippen LogP contribution is -2.41. The zero-order chi connectivity index (χ0) is 13.7. The second-order valence-electron chi connectivity index (χ2n) is 5.16. The number of carbonyl (C=O) groups is 1. The van der Waals surface area contributed by atoms with Gasteiger partial charge in [0, 0.05) is 13.1 Å². The Labute approximate surface area is 114 Å². The van der Waals surface area contributed by atoms with Crippen molar-refractivity contribution in [3.8, 4) is 5.75 Å². The summed E-state index contributed by atoms with van der Waals surface area (Å²) in [5.74, 6) is 1.61. The van der Waals surface area contributed by atoms with Crippen molar-refractivity contribution in [2.24, 2.45) is 11.7 Å². The van der Waals surface area contributed by atoms with Crippen LogP contribution < -0.4 is 10.5 Å². The number of hydrogen-bond acceptors (Lipinski definition) is 2. The maximum Gasteiger partial charge on any atom is 0.314 e. The number of ether oxygens (including phenoxy) is 1. The smallest absolute Gasteiger partial charge is 0.314 e. The molecule has 0 atom stereocenters. The van der Waals surface area contributed by atoms with Crippen LogP contribution in [0.3, 0.4) is 0 Å². The summed E-state index contributed by atoms with van der Waals surface area (Å²) >= 11 is 0. The van der Waals surface area contributed by atoms with Crippen LogP contribution in [-0.4, -0.2) is 31.1 Å². The van der Waals surface area contributed by atoms with Crippen molar-refractivity contribution in [3.63, 3.8) is 0 Å². The van der Waals surface area contributed by atoms with Crippen molar-refractivity contribution in [1.29, 1.82) is 0 Å². The van der Waals surface area contributed by atoms with E-state index in [1.807, 2.05) is 12.1 Å². The fraction of sp³-hybridized carbons (Fsp3) is 0.533. The summed E-state index contributed by atoms with van der Waals surface area (Å²) in [6.07, 6.45) is 4.36. The highest BCUT2D eigenvalue weighted by Crippen LogP contribution is 2.23. The number of benzene rings is 1. The van der Waals surface area contributed by atoms with Crippen LogP contribution in [0.4, 0.5) is 4.79 Å². The van der Waals surface area contributed by atoms with Gasteiger partial charge in [-0.25, -0.2) is 4.79 Å². The van der Waals surface area contributed by atoms with Crippen molar-refractivity contribution >= 4 is 6.03 Å². The summed E-state index contributed by atoms with van der Waals surface area (Å²) in [7, 11) is 1.69. The Morgan fingerprint density at radius 2 is 2.16 bits per heavy atom. The normalized spacial score (nSPS) is 16.4. The fourth-order valence-electron chi connectivity index (χ4n) is 2.64. The van der Waals surface area contributed by atoms with E-state index in [1.165, 1.54) is 12.0 Å². The van der Waals surface area contributed by atoms with Crippen molar-refractivity contribution in [2.75, 3.05) is 20.2 Å². The molecule has 1 aliphatic rings. The molecule has 1 saturated heterocycles. The number of piperidine rings is 1. The number of amides is 2. The molecule has 104 valence electrons. The average molecular weight is 262 g/mol. The van der Waals surface area contributed by atoms with E-state index in [4.69, 9.17) is 10.5 Å². The minimum atomic E-state index is -0.286. The van der Waals surface area contributed by atoms with Crippen LogP contribution >= 0.6 is 0 Å². The highest BCUT2D eigenvalue weighted by atomic mass is 16.5. The number of urea groups is 1. The molecule has 19 heavy (non-hydrogen) atoms. The van der Waals surface area contributed by atoms with Crippen LogP contribution in [0.2, 0.25) is 0 Å². The number of carbonyl (C=O) groups excluding carboxylic acids is 1. The Kier molecular flexibility index (Phi) is 4.66. The highest BCUT2D eigenvalue weighted by molar-refractivity contribution is 5.72. The molecule has 1 aromatic carbocycles. The summed E-state index contributed by atoms with van der Waals surface area (Å²) in [5, 5.41) is 0. The van der Waals surface area contributed by atoms with Gasteiger partial charge in [-0.1, -0.05) is 12.1 Å². The van der Waals surface area contributed by atoms with E-state index >= 15 is 0 Å². The molecule has 0 saturated carbocycles. The lowest BCUT2D eigenvalue weighted by Gasteiger charge is -2.30. The first-order valence-corrected chi connectivity index (χ1v) is 6.86. The zero-order valence-corrected chi connectivity index (χ0v) is 11.5. The van der Waals surface area contributed by atoms with Gasteiger partial charge in [0.25, 0.3) is 0 Å². The Morgan fingerprint density at radius 3 is 2.79 bits per heavy atom. The molecule has 1 aliphatic heterocycles. The zero-order valence-electron chi connectivity index (χ0n) is 11.5. The number of primary amides is 1. The number of nitrogens with two attached hydrogens (primary N) is 1. The van der Waals surface area contributed by atoms with E-state index in [9.17, 15) is 4.79 Å². The first kappa shape index (κ1) is 13.7. The summed E-state index contributed by atoms with van der Waals surface area (Å²) in [4.78, 5) is 12.8. The predicted octanol–water partition coefficient (Wildman–Crippen LogP) is 2.42. The van der Waals surface area contributed by atoms with Crippen LogP contribution in [0.1, 0.15) is 24.8 Å². The largest absolute Gasteiger partial charge is 0.497 e. The number of nitrogens with zero attached hydrogens (tertiary/aromatic N) is 1. The summed E-state index contributed by atoms with van der Waals surface area (Å²) in [6.45, 7) is 1.61. The number of hydrogen-bond donors (Lipinski definition) is 1. The maximum atomic E-state index is 11.0. The minimum absolute atomic E-state index is 0.286. The van der Waals surface area contributed by atoms with Gasteiger partial charge in [0.05, 0.1) is 7.11 Å². The Bertz CT molecular complexity index is 426. The first-order chi connectivity index (χ1) is 9.19. The summed E-state index contributed by atoms with van der Waals surface area (Å²) < 4.78 is 5.23. The molecule has 1 fully saturated rings. The molecule has 1 heterocycles. The molecule has 0 spiro atoms. The Balaban J connectivity index is 1.78. The molecule has 0 radical (unpaired) electrons. The third-order valence-corrected chi connectivity index (χ3v) is 3.90. The quantitative estimate of drug-likeness (QED) is 0.906. The predicted molar refractivity (Wildman–Crippen MR) is 75.2 cm³/mol. The number of likely N-dealkylation sites (tertiary alicyclic amines) is 1. The van der Waals surface area contributed by atoms with Gasteiger partial charge in [-0.3, -0.25) is 0 Å². The van der Waals surface area contributed by atoms with E-state index in [0.717, 1.165) is 38.1 Å². The molecular formula is C15H22N2O2. The monoisotopic (exact) mass is 262 g/mol. The summed E-state index contributed by atoms with van der Waals surface area (Å²) in [6, 6.07) is 7.95. The second-order valence-corrected chi connectivity index (χ2v) is 5.16. The molecule has 1 aromatic rings. The standard InChI is InChI=1S/C15H22N2O2/c1-19-14-4-2-3-13(11-14)6-5-12-7-9-17(10-8-12)15(16)18/h2-4,11-12H,5-10H2,1H3,(H2,16,18). The van der Waals surface area contributed by atoms with E-state index in [-0.39, 0.29) is 6.03 Å². The maximum absolute atomic E-state index is 11.0. The van der Waals surface area contributed by atoms with Crippen molar-refractivity contribution in [1.82, 2.24) is 4.90 Å². The average Bonchev–Trinajstić information content (AvgIpc) is 2.46. The number of methoxy groups -OCH3 is 1. The molecule has 2 rings (SSSR count).